The number of esters is 1. The van der Waals surface area contributed by atoms with Gasteiger partial charge in [-0.2, -0.15) is 0 Å². The third-order valence-electron chi connectivity index (χ3n) is 1.66. The molecule has 0 aliphatic rings. The summed E-state index contributed by atoms with van der Waals surface area (Å²) in [6.07, 6.45) is 2.25. The first-order valence-corrected chi connectivity index (χ1v) is 4.73. The summed E-state index contributed by atoms with van der Waals surface area (Å²) in [5, 5.41) is 0.0628. The van der Waals surface area contributed by atoms with Crippen molar-refractivity contribution in [2.24, 2.45) is 0 Å². The predicted molar refractivity (Wildman–Crippen MR) is 58.1 cm³/mol. The van der Waals surface area contributed by atoms with E-state index in [1.165, 1.54) is 19.4 Å². The zero-order valence-electron chi connectivity index (χ0n) is 8.49. The van der Waals surface area contributed by atoms with Gasteiger partial charge >= 0.3 is 5.97 Å². The second-order valence-corrected chi connectivity index (χ2v) is 3.08. The van der Waals surface area contributed by atoms with E-state index < -0.39 is 5.97 Å². The van der Waals surface area contributed by atoms with Gasteiger partial charge in [-0.05, 0) is 6.07 Å². The Hall–Kier alpha value is -1.86. The number of methoxy groups -OCH3 is 1. The lowest BCUT2D eigenvalue weighted by atomic mass is 10.2. The number of hydrogen-bond donors (Lipinski definition) is 0. The molecule has 0 N–H and O–H groups in total. The minimum atomic E-state index is -0.573. The Balaban J connectivity index is 3.04. The molecule has 0 atom stereocenters. The zero-order chi connectivity index (χ0) is 12.0. The second-order valence-electron chi connectivity index (χ2n) is 2.73. The molecule has 1 aromatic rings. The normalized spacial score (nSPS) is 8.88. The molecule has 0 spiro atoms. The van der Waals surface area contributed by atoms with E-state index in [0.29, 0.717) is 11.8 Å². The first kappa shape index (κ1) is 12.2. The number of rotatable bonds is 2. The summed E-state index contributed by atoms with van der Waals surface area (Å²) in [7, 11) is 1.25. The van der Waals surface area contributed by atoms with Crippen LogP contribution in [0.15, 0.2) is 12.3 Å². The average Bonchev–Trinajstić information content (AvgIpc) is 2.30. The molecule has 0 bridgehead atoms. The summed E-state index contributed by atoms with van der Waals surface area (Å²) in [4.78, 5) is 25.1. The van der Waals surface area contributed by atoms with E-state index in [9.17, 15) is 9.59 Å². The third-order valence-corrected chi connectivity index (χ3v) is 1.96. The molecule has 0 amide bonds. The number of halogens is 1. The summed E-state index contributed by atoms with van der Waals surface area (Å²) in [5.41, 5.74) is 0.661. The fourth-order valence-corrected chi connectivity index (χ4v) is 1.14. The molecule has 1 heterocycles. The fraction of sp³-hybridized carbons (Fsp3) is 0.182. The molecule has 5 heteroatoms. The third kappa shape index (κ3) is 3.07. The van der Waals surface area contributed by atoms with Gasteiger partial charge in [-0.1, -0.05) is 23.4 Å². The summed E-state index contributed by atoms with van der Waals surface area (Å²) >= 11 is 5.71. The van der Waals surface area contributed by atoms with Gasteiger partial charge in [0.25, 0.3) is 0 Å². The zero-order valence-corrected chi connectivity index (χ0v) is 9.25. The summed E-state index contributed by atoms with van der Waals surface area (Å²) in [5.74, 6) is 4.71. The average molecular weight is 238 g/mol. The molecule has 0 saturated heterocycles. The van der Waals surface area contributed by atoms with Crippen LogP contribution < -0.4 is 0 Å². The van der Waals surface area contributed by atoms with Crippen LogP contribution in [-0.4, -0.2) is 24.3 Å². The Morgan fingerprint density at radius 1 is 1.69 bits per heavy atom. The lowest BCUT2D eigenvalue weighted by molar-refractivity contribution is -0.107. The van der Waals surface area contributed by atoms with Crippen LogP contribution in [0.1, 0.15) is 22.3 Å². The fourth-order valence-electron chi connectivity index (χ4n) is 0.964. The predicted octanol–water partition coefficient (Wildman–Crippen LogP) is 1.46. The van der Waals surface area contributed by atoms with E-state index in [2.05, 4.69) is 21.6 Å². The molecule has 1 aromatic heterocycles. The van der Waals surface area contributed by atoms with Crippen molar-refractivity contribution in [1.82, 2.24) is 4.98 Å². The Morgan fingerprint density at radius 3 is 3.06 bits per heavy atom. The van der Waals surface area contributed by atoms with Crippen LogP contribution in [0.2, 0.25) is 5.15 Å². The van der Waals surface area contributed by atoms with Crippen LogP contribution >= 0.6 is 11.6 Å². The van der Waals surface area contributed by atoms with Crippen molar-refractivity contribution in [3.8, 4) is 11.8 Å². The van der Waals surface area contributed by atoms with Crippen LogP contribution in [0, 0.1) is 11.8 Å². The quantitative estimate of drug-likeness (QED) is 0.338. The van der Waals surface area contributed by atoms with Crippen molar-refractivity contribution in [2.45, 2.75) is 6.42 Å². The van der Waals surface area contributed by atoms with E-state index in [-0.39, 0.29) is 17.1 Å². The van der Waals surface area contributed by atoms with Crippen LogP contribution in [0.4, 0.5) is 0 Å². The lowest BCUT2D eigenvalue weighted by Gasteiger charge is -2.01. The van der Waals surface area contributed by atoms with Gasteiger partial charge < -0.3 is 9.53 Å². The van der Waals surface area contributed by atoms with Crippen molar-refractivity contribution >= 4 is 23.9 Å². The molecule has 0 aromatic carbocycles. The number of carbonyl (C=O) groups excluding carboxylic acids is 2. The van der Waals surface area contributed by atoms with Gasteiger partial charge in [0.2, 0.25) is 0 Å². The highest BCUT2D eigenvalue weighted by Crippen LogP contribution is 2.14. The van der Waals surface area contributed by atoms with E-state index in [1.807, 2.05) is 0 Å². The van der Waals surface area contributed by atoms with E-state index in [0.717, 1.165) is 0 Å². The van der Waals surface area contributed by atoms with Crippen LogP contribution in [0.25, 0.3) is 0 Å². The topological polar surface area (TPSA) is 56.3 Å². The van der Waals surface area contributed by atoms with Crippen LogP contribution in [-0.2, 0) is 9.53 Å². The molecular formula is C11H8ClNO3. The Labute approximate surface area is 97.6 Å². The largest absolute Gasteiger partial charge is 0.465 e. The molecule has 4 nitrogen and oxygen atoms in total. The molecule has 1 rings (SSSR count). The van der Waals surface area contributed by atoms with Crippen molar-refractivity contribution in [2.75, 3.05) is 7.11 Å². The van der Waals surface area contributed by atoms with Crippen molar-refractivity contribution in [1.29, 1.82) is 0 Å². The van der Waals surface area contributed by atoms with Crippen LogP contribution in [0.5, 0.6) is 0 Å². The highest BCUT2D eigenvalue weighted by atomic mass is 35.5. The number of aromatic nitrogens is 1. The molecule has 0 fully saturated rings. The van der Waals surface area contributed by atoms with Gasteiger partial charge in [0.1, 0.15) is 11.4 Å². The number of ether oxygens (including phenoxy) is 1. The SMILES string of the molecule is COC(=O)c1cc(C#CCC=O)cnc1Cl. The molecule has 0 radical (unpaired) electrons. The van der Waals surface area contributed by atoms with Crippen LogP contribution in [0.3, 0.4) is 0 Å². The summed E-state index contributed by atoms with van der Waals surface area (Å²) in [6, 6.07) is 1.47. The van der Waals surface area contributed by atoms with Gasteiger partial charge in [-0.15, -0.1) is 0 Å². The highest BCUT2D eigenvalue weighted by Gasteiger charge is 2.11. The van der Waals surface area contributed by atoms with E-state index >= 15 is 0 Å². The lowest BCUT2D eigenvalue weighted by Crippen LogP contribution is -2.03. The van der Waals surface area contributed by atoms with E-state index in [1.54, 1.807) is 0 Å². The number of nitrogens with zero attached hydrogens (tertiary/aromatic N) is 1. The Kier molecular flexibility index (Phi) is 4.49. The number of pyridine rings is 1. The number of carbonyl (C=O) groups is 2. The van der Waals surface area contributed by atoms with Gasteiger partial charge in [-0.3, -0.25) is 0 Å². The molecule has 16 heavy (non-hydrogen) atoms. The Bertz CT molecular complexity index is 474. The molecule has 0 unspecified atom stereocenters. The molecule has 0 aliphatic carbocycles. The van der Waals surface area contributed by atoms with Crippen molar-refractivity contribution in [3.05, 3.63) is 28.5 Å². The van der Waals surface area contributed by atoms with Crippen molar-refractivity contribution in [3.63, 3.8) is 0 Å². The van der Waals surface area contributed by atoms with E-state index in [4.69, 9.17) is 11.6 Å². The van der Waals surface area contributed by atoms with Gasteiger partial charge in [-0.25, -0.2) is 9.78 Å². The van der Waals surface area contributed by atoms with Gasteiger partial charge in [0.15, 0.2) is 0 Å². The number of aldehydes is 1. The molecule has 0 aliphatic heterocycles. The van der Waals surface area contributed by atoms with Gasteiger partial charge in [0, 0.05) is 11.8 Å². The maximum atomic E-state index is 11.3. The monoisotopic (exact) mass is 237 g/mol. The maximum absolute atomic E-state index is 11.3. The number of hydrogen-bond acceptors (Lipinski definition) is 4. The maximum Gasteiger partial charge on any atom is 0.341 e. The first-order chi connectivity index (χ1) is 7.69. The minimum absolute atomic E-state index is 0.0628. The molecular weight excluding hydrogens is 230 g/mol. The highest BCUT2D eigenvalue weighted by molar-refractivity contribution is 6.32. The second kappa shape index (κ2) is 5.89. The minimum Gasteiger partial charge on any atom is -0.465 e. The Morgan fingerprint density at radius 2 is 2.44 bits per heavy atom. The molecule has 82 valence electrons. The standard InChI is InChI=1S/C11H8ClNO3/c1-16-11(15)9-6-8(4-2-3-5-14)7-13-10(9)12/h5-7H,3H2,1H3. The first-order valence-electron chi connectivity index (χ1n) is 4.35. The molecule has 0 saturated carbocycles. The summed E-state index contributed by atoms with van der Waals surface area (Å²) in [6.45, 7) is 0. The van der Waals surface area contributed by atoms with Gasteiger partial charge in [0.05, 0.1) is 19.1 Å². The smallest absolute Gasteiger partial charge is 0.341 e. The summed E-state index contributed by atoms with van der Waals surface area (Å²) < 4.78 is 4.53. The van der Waals surface area contributed by atoms with Crippen molar-refractivity contribution < 1.29 is 14.3 Å².